The van der Waals surface area contributed by atoms with Gasteiger partial charge < -0.3 is 15.2 Å². The standard InChI is InChI=1S/C12H17BrN4O/c1-16(10-3-4-10)12(14)15-6-7-17-8-9(13)2-5-11(17)18/h2,5,8,10H,3-4,6-7H2,1H3,(H2,14,15). The van der Waals surface area contributed by atoms with Crippen molar-refractivity contribution in [2.45, 2.75) is 25.4 Å². The fraction of sp³-hybridized carbons (Fsp3) is 0.500. The fourth-order valence-electron chi connectivity index (χ4n) is 1.71. The summed E-state index contributed by atoms with van der Waals surface area (Å²) >= 11 is 3.34. The molecular weight excluding hydrogens is 296 g/mol. The molecule has 2 N–H and O–H groups in total. The van der Waals surface area contributed by atoms with Gasteiger partial charge in [0.1, 0.15) is 0 Å². The number of rotatable bonds is 4. The molecule has 18 heavy (non-hydrogen) atoms. The highest BCUT2D eigenvalue weighted by atomic mass is 79.9. The zero-order valence-electron chi connectivity index (χ0n) is 10.3. The predicted molar refractivity (Wildman–Crippen MR) is 75.7 cm³/mol. The maximum atomic E-state index is 11.6. The maximum absolute atomic E-state index is 11.6. The van der Waals surface area contributed by atoms with Crippen LogP contribution in [0.4, 0.5) is 0 Å². The molecule has 0 saturated heterocycles. The van der Waals surface area contributed by atoms with Crippen LogP contribution in [-0.2, 0) is 6.54 Å². The number of hydrogen-bond acceptors (Lipinski definition) is 2. The number of aliphatic imine (C=N–C) groups is 1. The number of halogens is 1. The van der Waals surface area contributed by atoms with Crippen LogP contribution in [0, 0.1) is 0 Å². The highest BCUT2D eigenvalue weighted by Gasteiger charge is 2.27. The third kappa shape index (κ3) is 3.35. The molecule has 0 aromatic carbocycles. The first kappa shape index (κ1) is 13.1. The van der Waals surface area contributed by atoms with Gasteiger partial charge in [-0.1, -0.05) is 0 Å². The molecule has 1 aromatic heterocycles. The molecule has 98 valence electrons. The van der Waals surface area contributed by atoms with Crippen molar-refractivity contribution in [3.05, 3.63) is 33.2 Å². The van der Waals surface area contributed by atoms with E-state index in [0.717, 1.165) is 4.47 Å². The first-order valence-electron chi connectivity index (χ1n) is 5.96. The number of pyridine rings is 1. The van der Waals surface area contributed by atoms with Crippen molar-refractivity contribution in [2.24, 2.45) is 10.7 Å². The van der Waals surface area contributed by atoms with E-state index in [9.17, 15) is 4.79 Å². The highest BCUT2D eigenvalue weighted by molar-refractivity contribution is 9.10. The Morgan fingerprint density at radius 1 is 1.61 bits per heavy atom. The molecule has 0 atom stereocenters. The number of nitrogens with zero attached hydrogens (tertiary/aromatic N) is 3. The van der Waals surface area contributed by atoms with E-state index in [1.165, 1.54) is 18.9 Å². The van der Waals surface area contributed by atoms with Crippen molar-refractivity contribution < 1.29 is 0 Å². The summed E-state index contributed by atoms with van der Waals surface area (Å²) in [5.41, 5.74) is 5.84. The summed E-state index contributed by atoms with van der Waals surface area (Å²) in [6.45, 7) is 1.05. The van der Waals surface area contributed by atoms with E-state index >= 15 is 0 Å². The second-order valence-electron chi connectivity index (χ2n) is 4.46. The van der Waals surface area contributed by atoms with Gasteiger partial charge in [0.15, 0.2) is 5.96 Å². The quantitative estimate of drug-likeness (QED) is 0.667. The zero-order valence-corrected chi connectivity index (χ0v) is 11.9. The summed E-state index contributed by atoms with van der Waals surface area (Å²) in [7, 11) is 1.96. The van der Waals surface area contributed by atoms with Crippen LogP contribution in [0.2, 0.25) is 0 Å². The second kappa shape index (κ2) is 5.56. The lowest BCUT2D eigenvalue weighted by Crippen LogP contribution is -2.36. The first-order valence-corrected chi connectivity index (χ1v) is 6.76. The van der Waals surface area contributed by atoms with Crippen molar-refractivity contribution in [3.63, 3.8) is 0 Å². The average Bonchev–Trinajstić information content (AvgIpc) is 3.16. The lowest BCUT2D eigenvalue weighted by molar-refractivity contribution is 0.486. The molecular formula is C12H17BrN4O. The van der Waals surface area contributed by atoms with Gasteiger partial charge in [0, 0.05) is 36.4 Å². The molecule has 0 spiro atoms. The minimum atomic E-state index is -0.0254. The van der Waals surface area contributed by atoms with Crippen LogP contribution in [0.3, 0.4) is 0 Å². The average molecular weight is 313 g/mol. The van der Waals surface area contributed by atoms with Gasteiger partial charge >= 0.3 is 0 Å². The Hall–Kier alpha value is -1.30. The van der Waals surface area contributed by atoms with Gasteiger partial charge in [-0.3, -0.25) is 9.79 Å². The monoisotopic (exact) mass is 312 g/mol. The molecule has 0 radical (unpaired) electrons. The number of aromatic nitrogens is 1. The van der Waals surface area contributed by atoms with Crippen molar-refractivity contribution in [1.29, 1.82) is 0 Å². The normalized spacial score (nSPS) is 15.8. The van der Waals surface area contributed by atoms with Gasteiger partial charge in [-0.15, -0.1) is 0 Å². The van der Waals surface area contributed by atoms with E-state index in [1.807, 2.05) is 11.9 Å². The van der Waals surface area contributed by atoms with Crippen LogP contribution >= 0.6 is 15.9 Å². The SMILES string of the molecule is CN(C(N)=NCCn1cc(Br)ccc1=O)C1CC1. The van der Waals surface area contributed by atoms with Gasteiger partial charge in [0.05, 0.1) is 6.54 Å². The molecule has 1 fully saturated rings. The molecule has 5 nitrogen and oxygen atoms in total. The van der Waals surface area contributed by atoms with E-state index < -0.39 is 0 Å². The minimum Gasteiger partial charge on any atom is -0.370 e. The number of hydrogen-bond donors (Lipinski definition) is 1. The molecule has 0 aliphatic heterocycles. The lowest BCUT2D eigenvalue weighted by atomic mass is 10.4. The summed E-state index contributed by atoms with van der Waals surface area (Å²) in [4.78, 5) is 17.9. The van der Waals surface area contributed by atoms with Gasteiger partial charge in [0.25, 0.3) is 5.56 Å². The molecule has 0 bridgehead atoms. The second-order valence-corrected chi connectivity index (χ2v) is 5.38. The topological polar surface area (TPSA) is 63.6 Å². The third-order valence-corrected chi connectivity index (χ3v) is 3.49. The summed E-state index contributed by atoms with van der Waals surface area (Å²) in [5, 5.41) is 0. The molecule has 6 heteroatoms. The minimum absolute atomic E-state index is 0.0254. The van der Waals surface area contributed by atoms with Gasteiger partial charge in [-0.2, -0.15) is 0 Å². The Balaban J connectivity index is 1.93. The Morgan fingerprint density at radius 3 is 3.00 bits per heavy atom. The van der Waals surface area contributed by atoms with Crippen LogP contribution in [0.15, 0.2) is 32.6 Å². The van der Waals surface area contributed by atoms with E-state index in [-0.39, 0.29) is 5.56 Å². The van der Waals surface area contributed by atoms with Crippen molar-refractivity contribution in [1.82, 2.24) is 9.47 Å². The highest BCUT2D eigenvalue weighted by Crippen LogP contribution is 2.24. The van der Waals surface area contributed by atoms with E-state index in [4.69, 9.17) is 5.73 Å². The Bertz CT molecular complexity index is 507. The van der Waals surface area contributed by atoms with E-state index in [2.05, 4.69) is 20.9 Å². The molecule has 0 unspecified atom stereocenters. The van der Waals surface area contributed by atoms with Crippen LogP contribution in [0.5, 0.6) is 0 Å². The Labute approximate surface area is 114 Å². The van der Waals surface area contributed by atoms with Crippen molar-refractivity contribution in [2.75, 3.05) is 13.6 Å². The Morgan fingerprint density at radius 2 is 2.33 bits per heavy atom. The van der Waals surface area contributed by atoms with E-state index in [1.54, 1.807) is 16.8 Å². The predicted octanol–water partition coefficient (Wildman–Crippen LogP) is 1.02. The number of nitrogens with two attached hydrogens (primary N) is 1. The smallest absolute Gasteiger partial charge is 0.250 e. The lowest BCUT2D eigenvalue weighted by Gasteiger charge is -2.16. The fourth-order valence-corrected chi connectivity index (χ4v) is 2.09. The largest absolute Gasteiger partial charge is 0.370 e. The molecule has 2 rings (SSSR count). The van der Waals surface area contributed by atoms with Crippen molar-refractivity contribution in [3.8, 4) is 0 Å². The zero-order chi connectivity index (χ0) is 13.1. The maximum Gasteiger partial charge on any atom is 0.250 e. The summed E-state index contributed by atoms with van der Waals surface area (Å²) in [6.07, 6.45) is 4.15. The van der Waals surface area contributed by atoms with Crippen LogP contribution in [0.1, 0.15) is 12.8 Å². The van der Waals surface area contributed by atoms with Crippen LogP contribution in [0.25, 0.3) is 0 Å². The number of guanidine groups is 1. The summed E-state index contributed by atoms with van der Waals surface area (Å²) < 4.78 is 2.51. The van der Waals surface area contributed by atoms with Gasteiger partial charge in [-0.05, 0) is 34.8 Å². The molecule has 1 aromatic rings. The molecule has 0 amide bonds. The van der Waals surface area contributed by atoms with Crippen LogP contribution in [-0.4, -0.2) is 35.1 Å². The summed E-state index contributed by atoms with van der Waals surface area (Å²) in [6, 6.07) is 3.83. The third-order valence-electron chi connectivity index (χ3n) is 3.02. The van der Waals surface area contributed by atoms with Crippen molar-refractivity contribution >= 4 is 21.9 Å². The van der Waals surface area contributed by atoms with Gasteiger partial charge in [0.2, 0.25) is 0 Å². The molecule has 1 heterocycles. The summed E-state index contributed by atoms with van der Waals surface area (Å²) in [5.74, 6) is 0.556. The first-order chi connectivity index (χ1) is 8.58. The molecule has 1 aliphatic rings. The van der Waals surface area contributed by atoms with E-state index in [0.29, 0.717) is 25.1 Å². The molecule has 1 aliphatic carbocycles. The van der Waals surface area contributed by atoms with Crippen LogP contribution < -0.4 is 11.3 Å². The Kier molecular flexibility index (Phi) is 4.06. The molecule has 1 saturated carbocycles. The van der Waals surface area contributed by atoms with Gasteiger partial charge in [-0.25, -0.2) is 0 Å².